The lowest BCUT2D eigenvalue weighted by Crippen LogP contribution is -2.23. The van der Waals surface area contributed by atoms with Gasteiger partial charge in [-0.05, 0) is 29.8 Å². The minimum Gasteiger partial charge on any atom is -0.369 e. The minimum absolute atomic E-state index is 0.0766. The van der Waals surface area contributed by atoms with Crippen LogP contribution in [-0.2, 0) is 11.2 Å². The highest BCUT2D eigenvalue weighted by Gasteiger charge is 2.28. The maximum atomic E-state index is 5.78. The second-order valence-electron chi connectivity index (χ2n) is 3.79. The predicted octanol–water partition coefficient (Wildman–Crippen LogP) is 2.58. The van der Waals surface area contributed by atoms with E-state index in [0.29, 0.717) is 0 Å². The van der Waals surface area contributed by atoms with Crippen LogP contribution in [0.3, 0.4) is 0 Å². The predicted molar refractivity (Wildman–Crippen MR) is 61.2 cm³/mol. The maximum absolute atomic E-state index is 5.78. The molecule has 4 nitrogen and oxygen atoms in total. The Hall–Kier alpha value is -0.460. The topological polar surface area (TPSA) is 39.4 Å². The van der Waals surface area contributed by atoms with Gasteiger partial charge in [-0.15, -0.1) is 5.10 Å². The standard InChI is InChI=1S/C9H10BrN3OS/c1-4-3-6-7(5(2)14-4)13-9(11-6)15-8(10)12-13/h4-5H,3H2,1-2H3. The first-order valence-corrected chi connectivity index (χ1v) is 6.45. The van der Waals surface area contributed by atoms with Crippen molar-refractivity contribution in [1.82, 2.24) is 14.6 Å². The van der Waals surface area contributed by atoms with Crippen molar-refractivity contribution >= 4 is 32.2 Å². The van der Waals surface area contributed by atoms with Gasteiger partial charge in [0.1, 0.15) is 0 Å². The van der Waals surface area contributed by atoms with E-state index in [1.54, 1.807) is 11.3 Å². The number of halogens is 1. The molecule has 2 aromatic rings. The molecule has 0 bridgehead atoms. The molecule has 2 aromatic heterocycles. The van der Waals surface area contributed by atoms with Crippen molar-refractivity contribution in [2.45, 2.75) is 32.5 Å². The zero-order chi connectivity index (χ0) is 10.6. The van der Waals surface area contributed by atoms with Gasteiger partial charge in [0.2, 0.25) is 4.96 Å². The number of hydrogen-bond acceptors (Lipinski definition) is 4. The van der Waals surface area contributed by atoms with Gasteiger partial charge in [0.25, 0.3) is 0 Å². The van der Waals surface area contributed by atoms with E-state index in [1.165, 1.54) is 0 Å². The highest BCUT2D eigenvalue weighted by Crippen LogP contribution is 2.32. The van der Waals surface area contributed by atoms with E-state index >= 15 is 0 Å². The molecule has 3 rings (SSSR count). The molecule has 1 aliphatic heterocycles. The summed E-state index contributed by atoms with van der Waals surface area (Å²) in [6.07, 6.45) is 1.21. The normalized spacial score (nSPS) is 25.8. The Labute approximate surface area is 99.4 Å². The van der Waals surface area contributed by atoms with Crippen LogP contribution in [0.5, 0.6) is 0 Å². The molecule has 0 N–H and O–H groups in total. The Morgan fingerprint density at radius 2 is 2.33 bits per heavy atom. The lowest BCUT2D eigenvalue weighted by molar-refractivity contribution is -0.00887. The summed E-state index contributed by atoms with van der Waals surface area (Å²) in [5, 5.41) is 4.37. The average molecular weight is 288 g/mol. The summed E-state index contributed by atoms with van der Waals surface area (Å²) in [5.41, 5.74) is 2.23. The van der Waals surface area contributed by atoms with Crippen molar-refractivity contribution in [2.75, 3.05) is 0 Å². The van der Waals surface area contributed by atoms with Gasteiger partial charge in [0.05, 0.1) is 23.6 Å². The van der Waals surface area contributed by atoms with Crippen molar-refractivity contribution in [3.8, 4) is 0 Å². The molecule has 0 radical (unpaired) electrons. The van der Waals surface area contributed by atoms with Crippen LogP contribution >= 0.6 is 27.3 Å². The molecule has 80 valence electrons. The van der Waals surface area contributed by atoms with Crippen LogP contribution in [0, 0.1) is 0 Å². The first kappa shape index (κ1) is 9.74. The van der Waals surface area contributed by atoms with Crippen LogP contribution in [0.25, 0.3) is 4.96 Å². The van der Waals surface area contributed by atoms with Gasteiger partial charge in [0, 0.05) is 6.42 Å². The molecule has 0 aliphatic carbocycles. The van der Waals surface area contributed by atoms with Crippen molar-refractivity contribution < 1.29 is 4.74 Å². The lowest BCUT2D eigenvalue weighted by Gasteiger charge is -2.24. The smallest absolute Gasteiger partial charge is 0.213 e. The largest absolute Gasteiger partial charge is 0.369 e. The first-order chi connectivity index (χ1) is 7.15. The quantitative estimate of drug-likeness (QED) is 0.748. The van der Waals surface area contributed by atoms with Gasteiger partial charge in [-0.3, -0.25) is 0 Å². The molecule has 6 heteroatoms. The number of nitrogens with zero attached hydrogens (tertiary/aromatic N) is 3. The maximum Gasteiger partial charge on any atom is 0.213 e. The highest BCUT2D eigenvalue weighted by atomic mass is 79.9. The van der Waals surface area contributed by atoms with Gasteiger partial charge in [-0.2, -0.15) is 0 Å². The van der Waals surface area contributed by atoms with Crippen LogP contribution in [0.4, 0.5) is 0 Å². The molecule has 0 amide bonds. The first-order valence-electron chi connectivity index (χ1n) is 4.84. The van der Waals surface area contributed by atoms with Crippen LogP contribution in [0.1, 0.15) is 31.3 Å². The molecular formula is C9H10BrN3OS. The lowest BCUT2D eigenvalue weighted by atomic mass is 10.1. The molecule has 1 aliphatic rings. The average Bonchev–Trinajstić information content (AvgIpc) is 2.58. The summed E-state index contributed by atoms with van der Waals surface area (Å²) in [6, 6.07) is 0. The zero-order valence-electron chi connectivity index (χ0n) is 8.40. The molecule has 0 spiro atoms. The Kier molecular flexibility index (Phi) is 2.12. The second kappa shape index (κ2) is 3.26. The van der Waals surface area contributed by atoms with Crippen LogP contribution in [0.2, 0.25) is 0 Å². The summed E-state index contributed by atoms with van der Waals surface area (Å²) >= 11 is 4.92. The van der Waals surface area contributed by atoms with E-state index in [1.807, 2.05) is 4.52 Å². The van der Waals surface area contributed by atoms with Gasteiger partial charge < -0.3 is 4.74 Å². The van der Waals surface area contributed by atoms with Crippen LogP contribution < -0.4 is 0 Å². The van der Waals surface area contributed by atoms with E-state index < -0.39 is 0 Å². The summed E-state index contributed by atoms with van der Waals surface area (Å²) in [6.45, 7) is 4.13. The van der Waals surface area contributed by atoms with Crippen LogP contribution in [-0.4, -0.2) is 20.7 Å². The van der Waals surface area contributed by atoms with Gasteiger partial charge in [-0.25, -0.2) is 9.50 Å². The van der Waals surface area contributed by atoms with E-state index in [2.05, 4.69) is 39.9 Å². The monoisotopic (exact) mass is 287 g/mol. The molecule has 3 heterocycles. The summed E-state index contributed by atoms with van der Waals surface area (Å²) in [4.78, 5) is 5.53. The van der Waals surface area contributed by atoms with Gasteiger partial charge in [0.15, 0.2) is 3.92 Å². The number of rotatable bonds is 0. The number of ether oxygens (including phenoxy) is 1. The van der Waals surface area contributed by atoms with Crippen molar-refractivity contribution in [3.05, 3.63) is 15.3 Å². The van der Waals surface area contributed by atoms with Crippen molar-refractivity contribution in [1.29, 1.82) is 0 Å². The molecule has 0 aromatic carbocycles. The van der Waals surface area contributed by atoms with Crippen molar-refractivity contribution in [3.63, 3.8) is 0 Å². The molecule has 0 saturated carbocycles. The summed E-state index contributed by atoms with van der Waals surface area (Å²) < 4.78 is 8.53. The number of aromatic nitrogens is 3. The second-order valence-corrected chi connectivity index (χ2v) is 6.02. The third kappa shape index (κ3) is 1.43. The van der Waals surface area contributed by atoms with Gasteiger partial charge >= 0.3 is 0 Å². The fourth-order valence-corrected chi connectivity index (χ4v) is 3.32. The van der Waals surface area contributed by atoms with E-state index in [0.717, 1.165) is 26.7 Å². The highest BCUT2D eigenvalue weighted by molar-refractivity contribution is 9.11. The molecular weight excluding hydrogens is 278 g/mol. The molecule has 15 heavy (non-hydrogen) atoms. The fraction of sp³-hybridized carbons (Fsp3) is 0.556. The molecule has 2 unspecified atom stereocenters. The summed E-state index contributed by atoms with van der Waals surface area (Å²) in [5.74, 6) is 0. The summed E-state index contributed by atoms with van der Waals surface area (Å²) in [7, 11) is 0. The Morgan fingerprint density at radius 1 is 1.53 bits per heavy atom. The van der Waals surface area contributed by atoms with E-state index in [-0.39, 0.29) is 12.2 Å². The Bertz CT molecular complexity index is 521. The third-order valence-electron chi connectivity index (χ3n) is 2.59. The zero-order valence-corrected chi connectivity index (χ0v) is 10.8. The Balaban J connectivity index is 2.24. The van der Waals surface area contributed by atoms with E-state index in [4.69, 9.17) is 4.74 Å². The molecule has 0 saturated heterocycles. The number of fused-ring (bicyclic) bond motifs is 3. The van der Waals surface area contributed by atoms with Gasteiger partial charge in [-0.1, -0.05) is 11.3 Å². The molecule has 2 atom stereocenters. The SMILES string of the molecule is CC1Cc2nc3sc(Br)nn3c2C(C)O1. The van der Waals surface area contributed by atoms with Crippen LogP contribution in [0.15, 0.2) is 3.92 Å². The minimum atomic E-state index is 0.0766. The fourth-order valence-electron chi connectivity index (χ4n) is 2.07. The number of hydrogen-bond donors (Lipinski definition) is 0. The third-order valence-corrected chi connectivity index (χ3v) is 3.93. The van der Waals surface area contributed by atoms with E-state index in [9.17, 15) is 0 Å². The number of imidazole rings is 1. The molecule has 0 fully saturated rings. The van der Waals surface area contributed by atoms with Crippen molar-refractivity contribution in [2.24, 2.45) is 0 Å². The Morgan fingerprint density at radius 3 is 3.13 bits per heavy atom.